The number of ketones is 1. The summed E-state index contributed by atoms with van der Waals surface area (Å²) in [5, 5.41) is 13.2. The molecule has 1 heterocycles. The van der Waals surface area contributed by atoms with Gasteiger partial charge in [0.1, 0.15) is 24.0 Å². The Morgan fingerprint density at radius 3 is 2.68 bits per heavy atom. The van der Waals surface area contributed by atoms with Gasteiger partial charge in [0, 0.05) is 12.0 Å². The van der Waals surface area contributed by atoms with E-state index in [1.54, 1.807) is 31.2 Å². The molecule has 2 fully saturated rings. The van der Waals surface area contributed by atoms with Crippen LogP contribution in [0.1, 0.15) is 56.3 Å². The van der Waals surface area contributed by atoms with E-state index in [2.05, 4.69) is 5.32 Å². The van der Waals surface area contributed by atoms with Crippen molar-refractivity contribution in [1.82, 2.24) is 10.2 Å². The van der Waals surface area contributed by atoms with Crippen molar-refractivity contribution in [3.63, 3.8) is 0 Å². The number of imide groups is 1. The number of hydrogen-bond acceptors (Lipinski definition) is 5. The highest BCUT2D eigenvalue weighted by Gasteiger charge is 2.55. The number of nitrogens with zero attached hydrogens (tertiary/aromatic N) is 1. The van der Waals surface area contributed by atoms with Gasteiger partial charge in [0.15, 0.2) is 5.78 Å². The average Bonchev–Trinajstić information content (AvgIpc) is 2.93. The minimum absolute atomic E-state index is 0.0519. The van der Waals surface area contributed by atoms with Crippen LogP contribution in [0.4, 0.5) is 4.79 Å². The van der Waals surface area contributed by atoms with Gasteiger partial charge in [0.2, 0.25) is 0 Å². The van der Waals surface area contributed by atoms with Crippen molar-refractivity contribution in [2.45, 2.75) is 57.6 Å². The van der Waals surface area contributed by atoms with Crippen LogP contribution in [0.5, 0.6) is 5.75 Å². The third-order valence-corrected chi connectivity index (χ3v) is 5.83. The van der Waals surface area contributed by atoms with Crippen molar-refractivity contribution >= 4 is 17.7 Å². The Bertz CT molecular complexity index is 748. The standard InChI is InChI=1S/C21H28N2O5/c1-3-18(25)15-7-9-17(10-8-15)28-13-16(24)12-23-19(26)21(22-20(23)27)11-5-4-6-14(21)2/h7-10,14,16,24H,3-6,11-13H2,1-2H3,(H,22,27). The third kappa shape index (κ3) is 3.90. The van der Waals surface area contributed by atoms with Gasteiger partial charge in [-0.25, -0.2) is 4.79 Å². The lowest BCUT2D eigenvalue weighted by atomic mass is 9.73. The Kier molecular flexibility index (Phi) is 6.03. The SMILES string of the molecule is CCC(=O)c1ccc(OCC(O)CN2C(=O)NC3(CCCCC3C)C2=O)cc1. The zero-order valence-corrected chi connectivity index (χ0v) is 16.4. The highest BCUT2D eigenvalue weighted by atomic mass is 16.5. The average molecular weight is 388 g/mol. The predicted molar refractivity (Wildman–Crippen MR) is 103 cm³/mol. The fourth-order valence-electron chi connectivity index (χ4n) is 4.06. The van der Waals surface area contributed by atoms with Crippen LogP contribution in [0, 0.1) is 5.92 Å². The highest BCUT2D eigenvalue weighted by Crippen LogP contribution is 2.38. The second-order valence-corrected chi connectivity index (χ2v) is 7.73. The minimum atomic E-state index is -0.999. The normalized spacial score (nSPS) is 25.7. The van der Waals surface area contributed by atoms with Crippen LogP contribution < -0.4 is 10.1 Å². The molecule has 7 nitrogen and oxygen atoms in total. The fourth-order valence-corrected chi connectivity index (χ4v) is 4.06. The molecule has 3 amide bonds. The maximum Gasteiger partial charge on any atom is 0.325 e. The van der Waals surface area contributed by atoms with Gasteiger partial charge in [-0.1, -0.05) is 26.7 Å². The van der Waals surface area contributed by atoms with Gasteiger partial charge in [-0.15, -0.1) is 0 Å². The van der Waals surface area contributed by atoms with Crippen LogP contribution in [0.3, 0.4) is 0 Å². The molecule has 1 aliphatic heterocycles. The molecule has 1 saturated carbocycles. The third-order valence-electron chi connectivity index (χ3n) is 5.83. The molecule has 1 spiro atoms. The number of ether oxygens (including phenoxy) is 1. The van der Waals surface area contributed by atoms with E-state index >= 15 is 0 Å². The fraction of sp³-hybridized carbons (Fsp3) is 0.571. The van der Waals surface area contributed by atoms with Gasteiger partial charge in [0.25, 0.3) is 5.91 Å². The first-order valence-electron chi connectivity index (χ1n) is 9.95. The summed E-state index contributed by atoms with van der Waals surface area (Å²) in [7, 11) is 0. The summed E-state index contributed by atoms with van der Waals surface area (Å²) in [6.45, 7) is 3.64. The first kappa shape index (κ1) is 20.3. The Labute approximate surface area is 165 Å². The largest absolute Gasteiger partial charge is 0.491 e. The van der Waals surface area contributed by atoms with E-state index in [1.165, 1.54) is 0 Å². The van der Waals surface area contributed by atoms with Gasteiger partial charge < -0.3 is 15.2 Å². The number of hydrogen-bond donors (Lipinski definition) is 2. The Morgan fingerprint density at radius 1 is 1.32 bits per heavy atom. The molecule has 0 aromatic heterocycles. The number of nitrogens with one attached hydrogen (secondary N) is 1. The molecule has 2 aliphatic rings. The first-order chi connectivity index (χ1) is 13.4. The summed E-state index contributed by atoms with van der Waals surface area (Å²) in [6.07, 6.45) is 2.95. The van der Waals surface area contributed by atoms with E-state index in [1.807, 2.05) is 6.92 Å². The molecular weight excluding hydrogens is 360 g/mol. The van der Waals surface area contributed by atoms with Crippen molar-refractivity contribution in [3.05, 3.63) is 29.8 Å². The van der Waals surface area contributed by atoms with Gasteiger partial charge in [-0.05, 0) is 43.0 Å². The lowest BCUT2D eigenvalue weighted by Crippen LogP contribution is -2.54. The van der Waals surface area contributed by atoms with Crippen molar-refractivity contribution in [2.75, 3.05) is 13.2 Å². The van der Waals surface area contributed by atoms with Crippen molar-refractivity contribution in [2.24, 2.45) is 5.92 Å². The molecule has 1 saturated heterocycles. The lowest BCUT2D eigenvalue weighted by molar-refractivity contribution is -0.135. The zero-order chi connectivity index (χ0) is 20.3. The van der Waals surface area contributed by atoms with Gasteiger partial charge in [0.05, 0.1) is 6.54 Å². The van der Waals surface area contributed by atoms with E-state index in [9.17, 15) is 19.5 Å². The number of β-amino-alcohol motifs (C(OH)–C–C–N with tert-alkyl or cyclic N) is 1. The molecular formula is C21H28N2O5. The minimum Gasteiger partial charge on any atom is -0.491 e. The molecule has 0 bridgehead atoms. The molecule has 3 atom stereocenters. The van der Waals surface area contributed by atoms with Crippen LogP contribution in [0.15, 0.2) is 24.3 Å². The summed E-state index contributed by atoms with van der Waals surface area (Å²) >= 11 is 0. The number of Topliss-reactive ketones (excluding diaryl/α,β-unsaturated/α-hetero) is 1. The molecule has 2 N–H and O–H groups in total. The van der Waals surface area contributed by atoms with E-state index in [4.69, 9.17) is 4.74 Å². The molecule has 28 heavy (non-hydrogen) atoms. The van der Waals surface area contributed by atoms with Crippen LogP contribution in [-0.4, -0.2) is 52.5 Å². The van der Waals surface area contributed by atoms with Crippen LogP contribution >= 0.6 is 0 Å². The predicted octanol–water partition coefficient (Wildman–Crippen LogP) is 2.52. The molecule has 3 unspecified atom stereocenters. The van der Waals surface area contributed by atoms with Crippen LogP contribution in [0.2, 0.25) is 0 Å². The zero-order valence-electron chi connectivity index (χ0n) is 16.4. The summed E-state index contributed by atoms with van der Waals surface area (Å²) in [4.78, 5) is 38.0. The van der Waals surface area contributed by atoms with Crippen molar-refractivity contribution in [1.29, 1.82) is 0 Å². The van der Waals surface area contributed by atoms with E-state index in [0.29, 0.717) is 24.2 Å². The molecule has 1 aromatic carbocycles. The second-order valence-electron chi connectivity index (χ2n) is 7.73. The van der Waals surface area contributed by atoms with E-state index < -0.39 is 17.7 Å². The van der Waals surface area contributed by atoms with Gasteiger partial charge in [-0.2, -0.15) is 0 Å². The van der Waals surface area contributed by atoms with Gasteiger partial charge in [-0.3, -0.25) is 14.5 Å². The number of aliphatic hydroxyl groups is 1. The van der Waals surface area contributed by atoms with Crippen LogP contribution in [-0.2, 0) is 4.79 Å². The molecule has 3 rings (SSSR count). The van der Waals surface area contributed by atoms with Crippen molar-refractivity contribution < 1.29 is 24.2 Å². The summed E-state index contributed by atoms with van der Waals surface area (Å²) < 4.78 is 5.54. The number of carbonyl (C=O) groups is 3. The smallest absolute Gasteiger partial charge is 0.325 e. The van der Waals surface area contributed by atoms with Gasteiger partial charge >= 0.3 is 6.03 Å². The summed E-state index contributed by atoms with van der Waals surface area (Å²) in [5.74, 6) is 0.406. The molecule has 1 aliphatic carbocycles. The molecule has 7 heteroatoms. The maximum absolute atomic E-state index is 12.9. The number of aliphatic hydroxyl groups excluding tert-OH is 1. The molecule has 1 aromatic rings. The number of benzene rings is 1. The van der Waals surface area contributed by atoms with Crippen LogP contribution in [0.25, 0.3) is 0 Å². The quantitative estimate of drug-likeness (QED) is 0.553. The number of carbonyl (C=O) groups excluding carboxylic acids is 3. The molecule has 152 valence electrons. The lowest BCUT2D eigenvalue weighted by Gasteiger charge is -2.36. The second kappa shape index (κ2) is 8.31. The Hall–Kier alpha value is -2.41. The number of amides is 3. The maximum atomic E-state index is 12.9. The van der Waals surface area contributed by atoms with E-state index in [0.717, 1.165) is 24.2 Å². The monoisotopic (exact) mass is 388 g/mol. The number of urea groups is 1. The first-order valence-corrected chi connectivity index (χ1v) is 9.95. The van der Waals surface area contributed by atoms with E-state index in [-0.39, 0.29) is 30.8 Å². The summed E-state index contributed by atoms with van der Waals surface area (Å²) in [5.41, 5.74) is -0.209. The van der Waals surface area contributed by atoms with Crippen molar-refractivity contribution in [3.8, 4) is 5.75 Å². The Morgan fingerprint density at radius 2 is 2.04 bits per heavy atom. The number of rotatable bonds is 7. The topological polar surface area (TPSA) is 95.9 Å². The molecule has 0 radical (unpaired) electrons. The summed E-state index contributed by atoms with van der Waals surface area (Å²) in [6, 6.07) is 6.25. The Balaban J connectivity index is 1.56. The highest BCUT2D eigenvalue weighted by molar-refractivity contribution is 6.07.